The van der Waals surface area contributed by atoms with E-state index in [4.69, 9.17) is 0 Å². The van der Waals surface area contributed by atoms with Crippen molar-refractivity contribution in [2.45, 2.75) is 39.3 Å². The third kappa shape index (κ3) is 2.59. The average molecular weight is 269 g/mol. The van der Waals surface area contributed by atoms with Crippen molar-refractivity contribution in [2.75, 3.05) is 0 Å². The molecule has 4 nitrogen and oxygen atoms in total. The molecule has 104 valence electrons. The Morgan fingerprint density at radius 1 is 1.45 bits per heavy atom. The van der Waals surface area contributed by atoms with Gasteiger partial charge in [0.05, 0.1) is 0 Å². The summed E-state index contributed by atoms with van der Waals surface area (Å²) in [6, 6.07) is 6.41. The fraction of sp³-hybridized carbons (Fsp3) is 0.375. The van der Waals surface area contributed by atoms with Gasteiger partial charge in [-0.2, -0.15) is 0 Å². The SMILES string of the molecule is Cc1cc(CNC(=O)c2cccn2C2CC2)cnc1C. The van der Waals surface area contributed by atoms with Crippen LogP contribution in [0.1, 0.15) is 46.2 Å². The van der Waals surface area contributed by atoms with Crippen LogP contribution in [0.15, 0.2) is 30.6 Å². The number of carbonyl (C=O) groups is 1. The van der Waals surface area contributed by atoms with Crippen molar-refractivity contribution >= 4 is 5.91 Å². The molecule has 1 aliphatic rings. The molecule has 2 heterocycles. The topological polar surface area (TPSA) is 46.9 Å². The predicted octanol–water partition coefficient (Wildman–Crippen LogP) is 2.76. The van der Waals surface area contributed by atoms with E-state index in [-0.39, 0.29) is 5.91 Å². The molecule has 1 N–H and O–H groups in total. The van der Waals surface area contributed by atoms with E-state index in [1.54, 1.807) is 0 Å². The minimum atomic E-state index is -0.0138. The van der Waals surface area contributed by atoms with Crippen LogP contribution in [0.3, 0.4) is 0 Å². The molecular formula is C16H19N3O. The van der Waals surface area contributed by atoms with Crippen molar-refractivity contribution < 1.29 is 4.79 Å². The minimum Gasteiger partial charge on any atom is -0.347 e. The van der Waals surface area contributed by atoms with Gasteiger partial charge < -0.3 is 9.88 Å². The average Bonchev–Trinajstić information content (AvgIpc) is 3.17. The molecule has 0 atom stereocenters. The molecule has 20 heavy (non-hydrogen) atoms. The Kier molecular flexibility index (Phi) is 3.30. The number of aromatic nitrogens is 2. The lowest BCUT2D eigenvalue weighted by Gasteiger charge is -2.09. The molecule has 2 aromatic rings. The maximum absolute atomic E-state index is 12.2. The third-order valence-corrected chi connectivity index (χ3v) is 3.80. The largest absolute Gasteiger partial charge is 0.347 e. The number of nitrogens with zero attached hydrogens (tertiary/aromatic N) is 2. The molecular weight excluding hydrogens is 250 g/mol. The van der Waals surface area contributed by atoms with Crippen molar-refractivity contribution in [3.63, 3.8) is 0 Å². The molecule has 1 saturated carbocycles. The number of aryl methyl sites for hydroxylation is 2. The molecule has 0 spiro atoms. The standard InChI is InChI=1S/C16H19N3O/c1-11-8-13(9-17-12(11)2)10-18-16(20)15-4-3-7-19(15)14-5-6-14/h3-4,7-9,14H,5-6,10H2,1-2H3,(H,18,20). The van der Waals surface area contributed by atoms with E-state index < -0.39 is 0 Å². The van der Waals surface area contributed by atoms with Gasteiger partial charge in [0.15, 0.2) is 0 Å². The number of rotatable bonds is 4. The van der Waals surface area contributed by atoms with Crippen LogP contribution < -0.4 is 5.32 Å². The zero-order valence-corrected chi connectivity index (χ0v) is 11.9. The summed E-state index contributed by atoms with van der Waals surface area (Å²) in [5.41, 5.74) is 3.97. The van der Waals surface area contributed by atoms with Crippen LogP contribution in [0.25, 0.3) is 0 Å². The summed E-state index contributed by atoms with van der Waals surface area (Å²) in [6.45, 7) is 4.54. The maximum Gasteiger partial charge on any atom is 0.268 e. The zero-order valence-electron chi connectivity index (χ0n) is 11.9. The fourth-order valence-electron chi connectivity index (χ4n) is 2.33. The van der Waals surface area contributed by atoms with Crippen LogP contribution in [0.5, 0.6) is 0 Å². The van der Waals surface area contributed by atoms with Gasteiger partial charge in [-0.15, -0.1) is 0 Å². The highest BCUT2D eigenvalue weighted by atomic mass is 16.1. The number of nitrogens with one attached hydrogen (secondary N) is 1. The van der Waals surface area contributed by atoms with Gasteiger partial charge in [0, 0.05) is 30.7 Å². The molecule has 1 fully saturated rings. The van der Waals surface area contributed by atoms with Crippen LogP contribution in [-0.4, -0.2) is 15.5 Å². The number of amides is 1. The van der Waals surface area contributed by atoms with E-state index in [1.807, 2.05) is 38.4 Å². The van der Waals surface area contributed by atoms with Gasteiger partial charge in [0.2, 0.25) is 0 Å². The molecule has 0 saturated heterocycles. The molecule has 4 heteroatoms. The first kappa shape index (κ1) is 12.9. The maximum atomic E-state index is 12.2. The van der Waals surface area contributed by atoms with E-state index in [1.165, 1.54) is 12.8 Å². The Bertz CT molecular complexity index is 641. The Morgan fingerprint density at radius 2 is 2.25 bits per heavy atom. The van der Waals surface area contributed by atoms with Crippen molar-refractivity contribution in [1.29, 1.82) is 0 Å². The summed E-state index contributed by atoms with van der Waals surface area (Å²) >= 11 is 0. The Balaban J connectivity index is 1.66. The molecule has 0 aromatic carbocycles. The monoisotopic (exact) mass is 269 g/mol. The Hall–Kier alpha value is -2.10. The van der Waals surface area contributed by atoms with Crippen LogP contribution in [-0.2, 0) is 6.54 Å². The Labute approximate surface area is 118 Å². The molecule has 0 unspecified atom stereocenters. The number of pyridine rings is 1. The number of hydrogen-bond acceptors (Lipinski definition) is 2. The van der Waals surface area contributed by atoms with Crippen LogP contribution in [0, 0.1) is 13.8 Å². The third-order valence-electron chi connectivity index (χ3n) is 3.80. The van der Waals surface area contributed by atoms with Crippen molar-refractivity contribution in [3.8, 4) is 0 Å². The van der Waals surface area contributed by atoms with Gasteiger partial charge in [0.25, 0.3) is 5.91 Å². The molecule has 0 bridgehead atoms. The van der Waals surface area contributed by atoms with E-state index in [0.29, 0.717) is 12.6 Å². The molecule has 0 radical (unpaired) electrons. The van der Waals surface area contributed by atoms with Gasteiger partial charge in [-0.1, -0.05) is 6.07 Å². The lowest BCUT2D eigenvalue weighted by atomic mass is 10.1. The molecule has 2 aromatic heterocycles. The van der Waals surface area contributed by atoms with Crippen LogP contribution >= 0.6 is 0 Å². The summed E-state index contributed by atoms with van der Waals surface area (Å²) in [6.07, 6.45) is 6.17. The second kappa shape index (κ2) is 5.12. The van der Waals surface area contributed by atoms with Gasteiger partial charge in [-0.3, -0.25) is 9.78 Å². The normalized spacial score (nSPS) is 14.3. The summed E-state index contributed by atoms with van der Waals surface area (Å²) in [5.74, 6) is -0.0138. The summed E-state index contributed by atoms with van der Waals surface area (Å²) < 4.78 is 2.08. The van der Waals surface area contributed by atoms with Crippen LogP contribution in [0.2, 0.25) is 0 Å². The lowest BCUT2D eigenvalue weighted by molar-refractivity contribution is 0.0941. The molecule has 3 rings (SSSR count). The Morgan fingerprint density at radius 3 is 2.95 bits per heavy atom. The first-order chi connectivity index (χ1) is 9.65. The van der Waals surface area contributed by atoms with Crippen molar-refractivity contribution in [2.24, 2.45) is 0 Å². The summed E-state index contributed by atoms with van der Waals surface area (Å²) in [7, 11) is 0. The highest BCUT2D eigenvalue weighted by Crippen LogP contribution is 2.35. The second-order valence-electron chi connectivity index (χ2n) is 5.46. The second-order valence-corrected chi connectivity index (χ2v) is 5.46. The highest BCUT2D eigenvalue weighted by Gasteiger charge is 2.26. The van der Waals surface area contributed by atoms with Gasteiger partial charge >= 0.3 is 0 Å². The van der Waals surface area contributed by atoms with E-state index >= 15 is 0 Å². The highest BCUT2D eigenvalue weighted by molar-refractivity contribution is 5.92. The van der Waals surface area contributed by atoms with Crippen molar-refractivity contribution in [1.82, 2.24) is 14.9 Å². The number of carbonyl (C=O) groups excluding carboxylic acids is 1. The van der Waals surface area contributed by atoms with Crippen molar-refractivity contribution in [3.05, 3.63) is 53.1 Å². The van der Waals surface area contributed by atoms with E-state index in [0.717, 1.165) is 22.5 Å². The fourth-order valence-corrected chi connectivity index (χ4v) is 2.33. The lowest BCUT2D eigenvalue weighted by Crippen LogP contribution is -2.25. The van der Waals surface area contributed by atoms with Gasteiger partial charge in [-0.05, 0) is 49.9 Å². The zero-order chi connectivity index (χ0) is 14.1. The van der Waals surface area contributed by atoms with Gasteiger partial charge in [-0.25, -0.2) is 0 Å². The smallest absolute Gasteiger partial charge is 0.268 e. The molecule has 1 aliphatic carbocycles. The van der Waals surface area contributed by atoms with Crippen LogP contribution in [0.4, 0.5) is 0 Å². The molecule has 0 aliphatic heterocycles. The first-order valence-electron chi connectivity index (χ1n) is 7.02. The van der Waals surface area contributed by atoms with Gasteiger partial charge in [0.1, 0.15) is 5.69 Å². The molecule has 1 amide bonds. The van der Waals surface area contributed by atoms with E-state index in [2.05, 4.69) is 20.9 Å². The minimum absolute atomic E-state index is 0.0138. The summed E-state index contributed by atoms with van der Waals surface area (Å²) in [5, 5.41) is 2.97. The summed E-state index contributed by atoms with van der Waals surface area (Å²) in [4.78, 5) is 16.6. The predicted molar refractivity (Wildman–Crippen MR) is 77.6 cm³/mol. The van der Waals surface area contributed by atoms with E-state index in [9.17, 15) is 4.79 Å². The first-order valence-corrected chi connectivity index (χ1v) is 7.02. The number of hydrogen-bond donors (Lipinski definition) is 1. The quantitative estimate of drug-likeness (QED) is 0.927.